The van der Waals surface area contributed by atoms with Crippen LogP contribution in [-0.4, -0.2) is 73.9 Å². The molecule has 0 aromatic carbocycles. The second kappa shape index (κ2) is 24.4. The zero-order valence-electron chi connectivity index (χ0n) is 24.0. The smallest absolute Gasteiger partial charge is 0.306 e. The second-order valence-electron chi connectivity index (χ2n) is 9.94. The molecule has 2 unspecified atom stereocenters. The lowest BCUT2D eigenvalue weighted by Crippen LogP contribution is -2.31. The van der Waals surface area contributed by atoms with E-state index in [-0.39, 0.29) is 30.7 Å². The highest BCUT2D eigenvalue weighted by Crippen LogP contribution is 2.16. The van der Waals surface area contributed by atoms with Gasteiger partial charge in [-0.25, -0.2) is 0 Å². The Morgan fingerprint density at radius 3 is 2.27 bits per heavy atom. The molecule has 0 fully saturated rings. The van der Waals surface area contributed by atoms with E-state index in [1.807, 2.05) is 32.0 Å². The molecule has 8 nitrogen and oxygen atoms in total. The Hall–Kier alpha value is -1.93. The lowest BCUT2D eigenvalue weighted by Gasteiger charge is -2.22. The number of carbonyl (C=O) groups excluding carboxylic acids is 3. The number of amides is 1. The average Bonchev–Trinajstić information content (AvgIpc) is 2.84. The molecule has 0 aliphatic heterocycles. The van der Waals surface area contributed by atoms with E-state index in [1.54, 1.807) is 0 Å². The van der Waals surface area contributed by atoms with Crippen LogP contribution in [0.2, 0.25) is 0 Å². The van der Waals surface area contributed by atoms with Gasteiger partial charge in [-0.3, -0.25) is 14.4 Å². The molecule has 0 heterocycles. The summed E-state index contributed by atoms with van der Waals surface area (Å²) < 4.78 is 10.7. The number of aliphatic hydroxyl groups excluding tert-OH is 1. The molecule has 0 spiro atoms. The minimum Gasteiger partial charge on any atom is -0.464 e. The Morgan fingerprint density at radius 1 is 0.865 bits per heavy atom. The monoisotopic (exact) mass is 526 g/mol. The van der Waals surface area contributed by atoms with Crippen LogP contribution in [-0.2, 0) is 23.9 Å². The van der Waals surface area contributed by atoms with Crippen LogP contribution in [0, 0.1) is 0 Å². The molecule has 0 aromatic rings. The van der Waals surface area contributed by atoms with Crippen LogP contribution in [0.1, 0.15) is 110 Å². The van der Waals surface area contributed by atoms with Gasteiger partial charge in [0.25, 0.3) is 0 Å². The molecule has 8 heteroatoms. The first-order valence-electron chi connectivity index (χ1n) is 14.4. The quantitative estimate of drug-likeness (QED) is 0.104. The first-order chi connectivity index (χ1) is 17.8. The molecule has 216 valence electrons. The van der Waals surface area contributed by atoms with Gasteiger partial charge in [0.1, 0.15) is 12.7 Å². The number of allylic oxidation sites excluding steroid dienone is 1. The Kier molecular flexibility index (Phi) is 23.1. The third-order valence-corrected chi connectivity index (χ3v) is 6.06. The summed E-state index contributed by atoms with van der Waals surface area (Å²) in [6.45, 7) is 5.74. The summed E-state index contributed by atoms with van der Waals surface area (Å²) >= 11 is 0. The fourth-order valence-electron chi connectivity index (χ4n) is 3.81. The molecule has 0 radical (unpaired) electrons. The second-order valence-corrected chi connectivity index (χ2v) is 9.94. The highest BCUT2D eigenvalue weighted by Gasteiger charge is 2.22. The van der Waals surface area contributed by atoms with Crippen molar-refractivity contribution in [1.82, 2.24) is 10.2 Å². The summed E-state index contributed by atoms with van der Waals surface area (Å²) in [5.74, 6) is -0.546. The molecule has 0 aromatic heterocycles. The highest BCUT2D eigenvalue weighted by molar-refractivity contribution is 5.75. The highest BCUT2D eigenvalue weighted by atomic mass is 16.6. The van der Waals surface area contributed by atoms with Gasteiger partial charge >= 0.3 is 11.9 Å². The van der Waals surface area contributed by atoms with Gasteiger partial charge in [0.05, 0.1) is 6.10 Å². The maximum Gasteiger partial charge on any atom is 0.306 e. The molecule has 0 aliphatic rings. The molecule has 0 saturated carbocycles. The third kappa shape index (κ3) is 23.0. The van der Waals surface area contributed by atoms with Crippen molar-refractivity contribution in [3.63, 3.8) is 0 Å². The van der Waals surface area contributed by atoms with Crippen LogP contribution in [0.15, 0.2) is 12.2 Å². The summed E-state index contributed by atoms with van der Waals surface area (Å²) in [4.78, 5) is 37.5. The van der Waals surface area contributed by atoms with Gasteiger partial charge in [-0.15, -0.1) is 0 Å². The van der Waals surface area contributed by atoms with Crippen molar-refractivity contribution in [1.29, 1.82) is 0 Å². The molecule has 2 atom stereocenters. The van der Waals surface area contributed by atoms with Crippen LogP contribution in [0.4, 0.5) is 0 Å². The van der Waals surface area contributed by atoms with Crippen LogP contribution < -0.4 is 5.32 Å². The first-order valence-corrected chi connectivity index (χ1v) is 14.4. The lowest BCUT2D eigenvalue weighted by atomic mass is 10.0. The SMILES string of the molecule is CCCCCC(OC(=O)CCCC(=O)OCCN(C)C)C(O)C/C=C\CCCCCCCC(=O)NCC. The van der Waals surface area contributed by atoms with E-state index in [1.165, 1.54) is 0 Å². The van der Waals surface area contributed by atoms with Crippen LogP contribution in [0.25, 0.3) is 0 Å². The Morgan fingerprint density at radius 2 is 1.57 bits per heavy atom. The number of nitrogens with zero attached hydrogens (tertiary/aromatic N) is 1. The summed E-state index contributed by atoms with van der Waals surface area (Å²) in [6.07, 6.45) is 14.5. The Balaban J connectivity index is 4.20. The number of hydrogen-bond acceptors (Lipinski definition) is 7. The van der Waals surface area contributed by atoms with E-state index in [2.05, 4.69) is 18.3 Å². The van der Waals surface area contributed by atoms with Crippen LogP contribution >= 0.6 is 0 Å². The largest absolute Gasteiger partial charge is 0.464 e. The minimum atomic E-state index is -0.734. The summed E-state index contributed by atoms with van der Waals surface area (Å²) in [5, 5.41) is 13.5. The topological polar surface area (TPSA) is 105 Å². The summed E-state index contributed by atoms with van der Waals surface area (Å²) in [7, 11) is 3.82. The van der Waals surface area contributed by atoms with Gasteiger partial charge in [0, 0.05) is 32.4 Å². The standard InChI is InChI=1S/C29H54N2O6/c1-5-7-14-19-26(37-29(35)22-17-21-28(34)36-24-23-31(3)4)25(32)18-15-12-10-8-9-11-13-16-20-27(33)30-6-2/h12,15,25-26,32H,5-11,13-14,16-24H2,1-4H3,(H,30,33)/b15-12-. The third-order valence-electron chi connectivity index (χ3n) is 6.06. The number of ether oxygens (including phenoxy) is 2. The molecular formula is C29H54N2O6. The number of esters is 2. The number of nitrogens with one attached hydrogen (secondary N) is 1. The fraction of sp³-hybridized carbons (Fsp3) is 0.828. The van der Waals surface area contributed by atoms with Crippen molar-refractivity contribution in [2.75, 3.05) is 33.8 Å². The normalized spacial score (nSPS) is 13.0. The Labute approximate surface area is 225 Å². The van der Waals surface area contributed by atoms with Gasteiger partial charge in [0.15, 0.2) is 0 Å². The number of rotatable bonds is 24. The number of carbonyl (C=O) groups is 3. The predicted molar refractivity (Wildman–Crippen MR) is 148 cm³/mol. The summed E-state index contributed by atoms with van der Waals surface area (Å²) in [5.41, 5.74) is 0. The predicted octanol–water partition coefficient (Wildman–Crippen LogP) is 4.93. The maximum atomic E-state index is 12.3. The van der Waals surface area contributed by atoms with Crippen molar-refractivity contribution in [3.8, 4) is 0 Å². The van der Waals surface area contributed by atoms with E-state index < -0.39 is 12.2 Å². The van der Waals surface area contributed by atoms with E-state index >= 15 is 0 Å². The molecule has 2 N–H and O–H groups in total. The Bertz CT molecular complexity index is 624. The van der Waals surface area contributed by atoms with E-state index in [4.69, 9.17) is 9.47 Å². The van der Waals surface area contributed by atoms with Crippen molar-refractivity contribution in [3.05, 3.63) is 12.2 Å². The van der Waals surface area contributed by atoms with Gasteiger partial charge in [-0.05, 0) is 66.0 Å². The lowest BCUT2D eigenvalue weighted by molar-refractivity contribution is -0.156. The van der Waals surface area contributed by atoms with E-state index in [0.717, 1.165) is 57.8 Å². The van der Waals surface area contributed by atoms with Crippen molar-refractivity contribution in [2.24, 2.45) is 0 Å². The molecule has 0 bridgehead atoms. The number of hydrogen-bond donors (Lipinski definition) is 2. The maximum absolute atomic E-state index is 12.3. The first kappa shape index (κ1) is 35.1. The van der Waals surface area contributed by atoms with Crippen molar-refractivity contribution >= 4 is 17.8 Å². The molecule has 1 amide bonds. The van der Waals surface area contributed by atoms with Gasteiger partial charge < -0.3 is 24.8 Å². The molecule has 0 saturated heterocycles. The van der Waals surface area contributed by atoms with Crippen LogP contribution in [0.5, 0.6) is 0 Å². The van der Waals surface area contributed by atoms with Crippen molar-refractivity contribution in [2.45, 2.75) is 122 Å². The summed E-state index contributed by atoms with van der Waals surface area (Å²) in [6, 6.07) is 0. The minimum absolute atomic E-state index is 0.138. The zero-order valence-corrected chi connectivity index (χ0v) is 24.0. The molecule has 37 heavy (non-hydrogen) atoms. The zero-order chi connectivity index (χ0) is 27.7. The van der Waals surface area contributed by atoms with E-state index in [0.29, 0.717) is 45.4 Å². The molecule has 0 aliphatic carbocycles. The van der Waals surface area contributed by atoms with Gasteiger partial charge in [0.2, 0.25) is 5.91 Å². The molecular weight excluding hydrogens is 472 g/mol. The van der Waals surface area contributed by atoms with Gasteiger partial charge in [-0.1, -0.05) is 51.2 Å². The number of aliphatic hydroxyl groups is 1. The number of unbranched alkanes of at least 4 members (excludes halogenated alkanes) is 7. The van der Waals surface area contributed by atoms with Gasteiger partial charge in [-0.2, -0.15) is 0 Å². The van der Waals surface area contributed by atoms with Crippen molar-refractivity contribution < 1.29 is 29.0 Å². The molecule has 0 rings (SSSR count). The number of likely N-dealkylation sites (N-methyl/N-ethyl adjacent to an activating group) is 1. The van der Waals surface area contributed by atoms with E-state index in [9.17, 15) is 19.5 Å². The van der Waals surface area contributed by atoms with Crippen LogP contribution in [0.3, 0.4) is 0 Å². The average molecular weight is 527 g/mol. The fourth-order valence-corrected chi connectivity index (χ4v) is 3.81.